The number of nitrogen functional groups attached to an aromatic ring is 1. The second-order valence-electron chi connectivity index (χ2n) is 10.6. The molecule has 0 atom stereocenters. The molecule has 198 valence electrons. The van der Waals surface area contributed by atoms with E-state index in [0.717, 1.165) is 42.4 Å². The number of nitrogens with zero attached hydrogens (tertiary/aromatic N) is 6. The molecular weight excluding hydrogens is 497 g/mol. The molecule has 2 aliphatic carbocycles. The number of hydrogen-bond donors (Lipinski definition) is 2. The van der Waals surface area contributed by atoms with Crippen molar-refractivity contribution in [2.75, 3.05) is 17.2 Å². The van der Waals surface area contributed by atoms with E-state index in [2.05, 4.69) is 20.1 Å². The molecule has 0 unspecified atom stereocenters. The maximum absolute atomic E-state index is 15.2. The van der Waals surface area contributed by atoms with Crippen molar-refractivity contribution in [1.29, 1.82) is 0 Å². The predicted molar refractivity (Wildman–Crippen MR) is 143 cm³/mol. The van der Waals surface area contributed by atoms with Crippen molar-refractivity contribution >= 4 is 17.5 Å². The minimum atomic E-state index is -0.481. The molecule has 2 aromatic carbocycles. The van der Waals surface area contributed by atoms with Crippen LogP contribution >= 0.6 is 0 Å². The maximum atomic E-state index is 15.2. The maximum Gasteiger partial charge on any atom is 0.261 e. The highest BCUT2D eigenvalue weighted by atomic mass is 19.1. The Balaban J connectivity index is 1.22. The van der Waals surface area contributed by atoms with Crippen LogP contribution in [0.15, 0.2) is 42.7 Å². The Bertz CT molecular complexity index is 1610. The van der Waals surface area contributed by atoms with Gasteiger partial charge in [-0.1, -0.05) is 18.2 Å². The summed E-state index contributed by atoms with van der Waals surface area (Å²) in [6, 6.07) is 9.28. The molecule has 1 amide bonds. The SMILES string of the molecule is Nc1nc(Cc2cnn(C3CC3)c2)nc(-c2cccc(N3CCc4cc(C5CC5)cc(F)c4C3=O)c2CO)n1. The normalized spacial score (nSPS) is 17.0. The highest BCUT2D eigenvalue weighted by molar-refractivity contribution is 6.09. The largest absolute Gasteiger partial charge is 0.392 e. The molecule has 0 radical (unpaired) electrons. The van der Waals surface area contributed by atoms with Crippen molar-refractivity contribution in [2.24, 2.45) is 0 Å². The summed E-state index contributed by atoms with van der Waals surface area (Å²) in [5, 5.41) is 14.9. The van der Waals surface area contributed by atoms with Crippen LogP contribution in [0.3, 0.4) is 0 Å². The van der Waals surface area contributed by atoms with Gasteiger partial charge in [0.25, 0.3) is 5.91 Å². The van der Waals surface area contributed by atoms with Gasteiger partial charge in [-0.3, -0.25) is 9.48 Å². The number of anilines is 2. The highest BCUT2D eigenvalue weighted by Gasteiger charge is 2.33. The molecule has 3 heterocycles. The number of benzene rings is 2. The van der Waals surface area contributed by atoms with Crippen LogP contribution in [0.2, 0.25) is 0 Å². The summed E-state index contributed by atoms with van der Waals surface area (Å²) < 4.78 is 17.1. The number of rotatable bonds is 7. The zero-order chi connectivity index (χ0) is 26.7. The second kappa shape index (κ2) is 9.23. The third-order valence-corrected chi connectivity index (χ3v) is 7.79. The van der Waals surface area contributed by atoms with Crippen molar-refractivity contribution in [2.45, 2.75) is 57.1 Å². The lowest BCUT2D eigenvalue weighted by atomic mass is 9.93. The molecule has 10 heteroatoms. The zero-order valence-electron chi connectivity index (χ0n) is 21.3. The van der Waals surface area contributed by atoms with E-state index in [1.807, 2.05) is 23.1 Å². The van der Waals surface area contributed by atoms with E-state index in [-0.39, 0.29) is 18.1 Å². The van der Waals surface area contributed by atoms with Crippen molar-refractivity contribution in [3.8, 4) is 11.4 Å². The average molecular weight is 526 g/mol. The van der Waals surface area contributed by atoms with Crippen molar-refractivity contribution in [3.63, 3.8) is 0 Å². The molecule has 3 N–H and O–H groups in total. The molecule has 2 aromatic heterocycles. The molecule has 39 heavy (non-hydrogen) atoms. The van der Waals surface area contributed by atoms with E-state index in [4.69, 9.17) is 5.73 Å². The first-order chi connectivity index (χ1) is 19.0. The minimum absolute atomic E-state index is 0.0652. The highest BCUT2D eigenvalue weighted by Crippen LogP contribution is 2.42. The molecule has 0 saturated heterocycles. The van der Waals surface area contributed by atoms with Gasteiger partial charge in [-0.2, -0.15) is 15.1 Å². The molecule has 7 rings (SSSR count). The zero-order valence-corrected chi connectivity index (χ0v) is 21.3. The lowest BCUT2D eigenvalue weighted by Crippen LogP contribution is -2.39. The number of aliphatic hydroxyl groups is 1. The van der Waals surface area contributed by atoms with Crippen LogP contribution in [0, 0.1) is 5.82 Å². The molecular formula is C29H28FN7O2. The number of halogens is 1. The first kappa shape index (κ1) is 23.9. The molecule has 3 aliphatic rings. The van der Waals surface area contributed by atoms with Gasteiger partial charge in [-0.15, -0.1) is 0 Å². The standard InChI is InChI=1S/C29H28FN7O2/c30-23-12-19(17-4-5-17)11-18-8-9-36(28(39)26(18)23)24-3-1-2-21(22(24)15-38)27-33-25(34-29(31)35-27)10-16-13-32-37(14-16)20-6-7-20/h1-3,11-14,17,20,38H,4-10,15H2,(H2,31,33,34,35). The van der Waals surface area contributed by atoms with Gasteiger partial charge in [0.1, 0.15) is 11.6 Å². The topological polar surface area (TPSA) is 123 Å². The van der Waals surface area contributed by atoms with E-state index in [1.165, 1.54) is 11.0 Å². The van der Waals surface area contributed by atoms with E-state index in [1.54, 1.807) is 18.2 Å². The van der Waals surface area contributed by atoms with Gasteiger partial charge in [-0.05, 0) is 66.8 Å². The summed E-state index contributed by atoms with van der Waals surface area (Å²) in [5.74, 6) is 0.372. The fourth-order valence-electron chi connectivity index (χ4n) is 5.51. The third-order valence-electron chi connectivity index (χ3n) is 7.79. The van der Waals surface area contributed by atoms with Gasteiger partial charge >= 0.3 is 0 Å². The number of hydrogen-bond acceptors (Lipinski definition) is 7. The van der Waals surface area contributed by atoms with E-state index in [9.17, 15) is 9.90 Å². The van der Waals surface area contributed by atoms with E-state index >= 15 is 4.39 Å². The average Bonchev–Trinajstić information content (AvgIpc) is 3.86. The number of fused-ring (bicyclic) bond motifs is 1. The summed E-state index contributed by atoms with van der Waals surface area (Å²) in [7, 11) is 0. The Morgan fingerprint density at radius 2 is 1.95 bits per heavy atom. The van der Waals surface area contributed by atoms with Gasteiger partial charge in [0, 0.05) is 30.3 Å². The number of aliphatic hydroxyl groups excluding tert-OH is 1. The Kier molecular flexibility index (Phi) is 5.66. The number of carbonyl (C=O) groups is 1. The van der Waals surface area contributed by atoms with Gasteiger partial charge < -0.3 is 15.7 Å². The minimum Gasteiger partial charge on any atom is -0.392 e. The Morgan fingerprint density at radius 3 is 2.72 bits per heavy atom. The molecule has 4 aromatic rings. The number of amides is 1. The van der Waals surface area contributed by atoms with Crippen LogP contribution in [0.5, 0.6) is 0 Å². The number of carbonyl (C=O) groups excluding carboxylic acids is 1. The first-order valence-electron chi connectivity index (χ1n) is 13.4. The molecule has 1 aliphatic heterocycles. The predicted octanol–water partition coefficient (Wildman–Crippen LogP) is 3.95. The van der Waals surface area contributed by atoms with Crippen molar-refractivity contribution in [3.05, 3.63) is 82.2 Å². The molecule has 2 saturated carbocycles. The Morgan fingerprint density at radius 1 is 1.10 bits per heavy atom. The van der Waals surface area contributed by atoms with E-state index < -0.39 is 11.7 Å². The molecule has 9 nitrogen and oxygen atoms in total. The lowest BCUT2D eigenvalue weighted by Gasteiger charge is -2.31. The van der Waals surface area contributed by atoms with Crippen molar-refractivity contribution in [1.82, 2.24) is 24.7 Å². The van der Waals surface area contributed by atoms with Gasteiger partial charge in [0.15, 0.2) is 5.82 Å². The monoisotopic (exact) mass is 525 g/mol. The van der Waals surface area contributed by atoms with Gasteiger partial charge in [0.05, 0.1) is 30.1 Å². The lowest BCUT2D eigenvalue weighted by molar-refractivity contribution is 0.0976. The third kappa shape index (κ3) is 4.44. The number of aromatic nitrogens is 5. The molecule has 2 fully saturated rings. The van der Waals surface area contributed by atoms with Crippen molar-refractivity contribution < 1.29 is 14.3 Å². The summed E-state index contributed by atoms with van der Waals surface area (Å²) in [4.78, 5) is 28.4. The summed E-state index contributed by atoms with van der Waals surface area (Å²) in [6.07, 6.45) is 9.20. The number of nitrogens with two attached hydrogens (primary N) is 1. The second-order valence-corrected chi connectivity index (χ2v) is 10.6. The Labute approximate surface area is 224 Å². The van der Waals surface area contributed by atoms with Crippen LogP contribution in [0.25, 0.3) is 11.4 Å². The van der Waals surface area contributed by atoms with Crippen LogP contribution in [-0.2, 0) is 19.4 Å². The Hall–Kier alpha value is -4.18. The fraction of sp³-hybridized carbons (Fsp3) is 0.345. The quantitative estimate of drug-likeness (QED) is 0.374. The fourth-order valence-corrected chi connectivity index (χ4v) is 5.51. The smallest absolute Gasteiger partial charge is 0.261 e. The van der Waals surface area contributed by atoms with Crippen LogP contribution in [0.4, 0.5) is 16.0 Å². The summed E-state index contributed by atoms with van der Waals surface area (Å²) in [6.45, 7) is 0.0196. The van der Waals surface area contributed by atoms with Gasteiger partial charge in [0.2, 0.25) is 5.95 Å². The van der Waals surface area contributed by atoms with Crippen LogP contribution in [0.1, 0.15) is 76.1 Å². The summed E-state index contributed by atoms with van der Waals surface area (Å²) in [5.41, 5.74) is 10.4. The molecule has 0 bridgehead atoms. The molecule has 0 spiro atoms. The van der Waals surface area contributed by atoms with E-state index in [0.29, 0.717) is 59.8 Å². The summed E-state index contributed by atoms with van der Waals surface area (Å²) >= 11 is 0. The van der Waals surface area contributed by atoms with Crippen LogP contribution < -0.4 is 10.6 Å². The first-order valence-corrected chi connectivity index (χ1v) is 13.4. The van der Waals surface area contributed by atoms with Gasteiger partial charge in [-0.25, -0.2) is 9.37 Å². The van der Waals surface area contributed by atoms with Crippen LogP contribution in [-0.4, -0.2) is 42.3 Å².